The first-order valence-corrected chi connectivity index (χ1v) is 6.72. The lowest BCUT2D eigenvalue weighted by Crippen LogP contribution is -2.27. The first-order valence-electron chi connectivity index (χ1n) is 6.72. The van der Waals surface area contributed by atoms with Crippen molar-refractivity contribution >= 4 is 11.6 Å². The third kappa shape index (κ3) is 4.35. The number of anilines is 2. The van der Waals surface area contributed by atoms with Gasteiger partial charge in [-0.1, -0.05) is 27.7 Å². The summed E-state index contributed by atoms with van der Waals surface area (Å²) in [6.45, 7) is 10.5. The van der Waals surface area contributed by atoms with Gasteiger partial charge in [0.1, 0.15) is 17.5 Å². The lowest BCUT2D eigenvalue weighted by Gasteiger charge is -2.23. The van der Waals surface area contributed by atoms with E-state index in [2.05, 4.69) is 41.4 Å². The van der Waals surface area contributed by atoms with Crippen molar-refractivity contribution < 1.29 is 5.11 Å². The van der Waals surface area contributed by atoms with Crippen molar-refractivity contribution in [3.8, 4) is 0 Å². The molecule has 0 radical (unpaired) electrons. The molecule has 108 valence electrons. The average Bonchev–Trinajstić information content (AvgIpc) is 2.36. The van der Waals surface area contributed by atoms with Crippen molar-refractivity contribution in [3.63, 3.8) is 0 Å². The molecule has 1 heterocycles. The van der Waals surface area contributed by atoms with Crippen molar-refractivity contribution in [3.05, 3.63) is 11.9 Å². The molecule has 0 aliphatic heterocycles. The van der Waals surface area contributed by atoms with Gasteiger partial charge in [-0.2, -0.15) is 0 Å². The molecule has 0 aliphatic carbocycles. The number of aliphatic hydroxyl groups is 1. The van der Waals surface area contributed by atoms with Gasteiger partial charge in [0.2, 0.25) is 0 Å². The predicted molar refractivity (Wildman–Crippen MR) is 79.6 cm³/mol. The molecular formula is C14H26N4O. The first-order chi connectivity index (χ1) is 8.77. The molecule has 1 rings (SSSR count). The Morgan fingerprint density at radius 3 is 2.26 bits per heavy atom. The molecule has 19 heavy (non-hydrogen) atoms. The Kier molecular flexibility index (Phi) is 5.11. The minimum absolute atomic E-state index is 0.102. The van der Waals surface area contributed by atoms with Crippen LogP contribution in [0.15, 0.2) is 6.07 Å². The first kappa shape index (κ1) is 15.7. The zero-order valence-corrected chi connectivity index (χ0v) is 12.8. The number of nitrogens with one attached hydrogen (secondary N) is 2. The number of aliphatic hydroxyl groups excluding tert-OH is 1. The Balaban J connectivity index is 3.01. The zero-order valence-electron chi connectivity index (χ0n) is 12.8. The van der Waals surface area contributed by atoms with Crippen LogP contribution >= 0.6 is 0 Å². The maximum Gasteiger partial charge on any atom is 0.138 e. The Morgan fingerprint density at radius 1 is 1.21 bits per heavy atom. The topological polar surface area (TPSA) is 70.1 Å². The summed E-state index contributed by atoms with van der Waals surface area (Å²) in [5.41, 5.74) is -0.102. The van der Waals surface area contributed by atoms with Gasteiger partial charge in [0.25, 0.3) is 0 Å². The van der Waals surface area contributed by atoms with E-state index in [0.717, 1.165) is 17.5 Å². The van der Waals surface area contributed by atoms with Crippen molar-refractivity contribution in [2.75, 3.05) is 24.3 Å². The van der Waals surface area contributed by atoms with E-state index in [-0.39, 0.29) is 24.0 Å². The highest BCUT2D eigenvalue weighted by Crippen LogP contribution is 2.22. The van der Waals surface area contributed by atoms with E-state index in [1.165, 1.54) is 0 Å². The smallest absolute Gasteiger partial charge is 0.138 e. The van der Waals surface area contributed by atoms with Gasteiger partial charge in [-0.25, -0.2) is 9.97 Å². The minimum Gasteiger partial charge on any atom is -0.396 e. The SMILES string of the molecule is CNc1cc(NC(C)C(C)CO)nc(C(C)(C)C)n1. The monoisotopic (exact) mass is 266 g/mol. The van der Waals surface area contributed by atoms with Gasteiger partial charge in [0.05, 0.1) is 0 Å². The minimum atomic E-state index is -0.102. The van der Waals surface area contributed by atoms with E-state index in [4.69, 9.17) is 0 Å². The normalized spacial score (nSPS) is 14.9. The number of nitrogens with zero attached hydrogens (tertiary/aromatic N) is 2. The number of hydrogen-bond acceptors (Lipinski definition) is 5. The number of rotatable bonds is 5. The standard InChI is InChI=1S/C14H26N4O/c1-9(8-19)10(2)16-12-7-11(15-6)17-13(18-12)14(3,4)5/h7,9-10,19H,8H2,1-6H3,(H2,15,16,17,18). The van der Waals surface area contributed by atoms with Crippen LogP contribution in [0, 0.1) is 5.92 Å². The zero-order chi connectivity index (χ0) is 14.6. The van der Waals surface area contributed by atoms with Gasteiger partial charge in [0.15, 0.2) is 0 Å². The molecule has 3 N–H and O–H groups in total. The van der Waals surface area contributed by atoms with Crippen LogP contribution < -0.4 is 10.6 Å². The highest BCUT2D eigenvalue weighted by molar-refractivity contribution is 5.48. The molecule has 2 unspecified atom stereocenters. The molecule has 0 aromatic carbocycles. The van der Waals surface area contributed by atoms with Gasteiger partial charge in [-0.3, -0.25) is 0 Å². The lowest BCUT2D eigenvalue weighted by molar-refractivity contribution is 0.226. The summed E-state index contributed by atoms with van der Waals surface area (Å²) in [6.07, 6.45) is 0. The molecule has 0 bridgehead atoms. The summed E-state index contributed by atoms with van der Waals surface area (Å²) in [4.78, 5) is 9.05. The van der Waals surface area contributed by atoms with E-state index in [1.807, 2.05) is 27.0 Å². The largest absolute Gasteiger partial charge is 0.396 e. The maximum absolute atomic E-state index is 9.18. The fraction of sp³-hybridized carbons (Fsp3) is 0.714. The van der Waals surface area contributed by atoms with E-state index < -0.39 is 0 Å². The third-order valence-corrected chi connectivity index (χ3v) is 3.17. The van der Waals surface area contributed by atoms with Gasteiger partial charge in [0, 0.05) is 31.2 Å². The van der Waals surface area contributed by atoms with E-state index in [1.54, 1.807) is 0 Å². The highest BCUT2D eigenvalue weighted by Gasteiger charge is 2.20. The second kappa shape index (κ2) is 6.19. The van der Waals surface area contributed by atoms with Crippen LogP contribution in [-0.4, -0.2) is 34.8 Å². The van der Waals surface area contributed by atoms with Gasteiger partial charge < -0.3 is 15.7 Å². The average molecular weight is 266 g/mol. The fourth-order valence-electron chi connectivity index (χ4n) is 1.52. The van der Waals surface area contributed by atoms with Crippen LogP contribution in [-0.2, 0) is 5.41 Å². The molecule has 5 heteroatoms. The van der Waals surface area contributed by atoms with Crippen LogP contribution in [0.4, 0.5) is 11.6 Å². The van der Waals surface area contributed by atoms with E-state index in [0.29, 0.717) is 0 Å². The summed E-state index contributed by atoms with van der Waals surface area (Å²) in [5.74, 6) is 2.56. The molecule has 0 spiro atoms. The van der Waals surface area contributed by atoms with E-state index in [9.17, 15) is 5.11 Å². The molecule has 0 amide bonds. The fourth-order valence-corrected chi connectivity index (χ4v) is 1.52. The highest BCUT2D eigenvalue weighted by atomic mass is 16.3. The molecule has 2 atom stereocenters. The third-order valence-electron chi connectivity index (χ3n) is 3.17. The van der Waals surface area contributed by atoms with Crippen molar-refractivity contribution in [2.45, 2.75) is 46.1 Å². The molecule has 0 saturated heterocycles. The number of aromatic nitrogens is 2. The van der Waals surface area contributed by atoms with Crippen LogP contribution in [0.1, 0.15) is 40.4 Å². The second-order valence-electron chi connectivity index (χ2n) is 6.05. The summed E-state index contributed by atoms with van der Waals surface area (Å²) in [7, 11) is 1.85. The quantitative estimate of drug-likeness (QED) is 0.762. The van der Waals surface area contributed by atoms with Crippen LogP contribution in [0.2, 0.25) is 0 Å². The summed E-state index contributed by atoms with van der Waals surface area (Å²) in [6, 6.07) is 2.04. The summed E-state index contributed by atoms with van der Waals surface area (Å²) < 4.78 is 0. The van der Waals surface area contributed by atoms with Crippen LogP contribution in [0.25, 0.3) is 0 Å². The van der Waals surface area contributed by atoms with Crippen LogP contribution in [0.3, 0.4) is 0 Å². The summed E-state index contributed by atoms with van der Waals surface area (Å²) >= 11 is 0. The molecule has 0 fully saturated rings. The molecule has 5 nitrogen and oxygen atoms in total. The van der Waals surface area contributed by atoms with Crippen LogP contribution in [0.5, 0.6) is 0 Å². The van der Waals surface area contributed by atoms with Crippen molar-refractivity contribution in [2.24, 2.45) is 5.92 Å². The van der Waals surface area contributed by atoms with Gasteiger partial charge >= 0.3 is 0 Å². The maximum atomic E-state index is 9.18. The Bertz CT molecular complexity index is 414. The van der Waals surface area contributed by atoms with E-state index >= 15 is 0 Å². The Labute approximate surface area is 115 Å². The van der Waals surface area contributed by atoms with Gasteiger partial charge in [-0.05, 0) is 12.8 Å². The molecule has 1 aromatic heterocycles. The van der Waals surface area contributed by atoms with Crippen molar-refractivity contribution in [1.29, 1.82) is 0 Å². The second-order valence-corrected chi connectivity index (χ2v) is 6.05. The molecule has 0 aliphatic rings. The summed E-state index contributed by atoms with van der Waals surface area (Å²) in [5, 5.41) is 15.6. The predicted octanol–water partition coefficient (Wildman–Crippen LogP) is 2.24. The molecule has 1 aromatic rings. The lowest BCUT2D eigenvalue weighted by atomic mass is 9.95. The molecular weight excluding hydrogens is 240 g/mol. The van der Waals surface area contributed by atoms with Gasteiger partial charge in [-0.15, -0.1) is 0 Å². The Hall–Kier alpha value is -1.36. The van der Waals surface area contributed by atoms with Crippen molar-refractivity contribution in [1.82, 2.24) is 9.97 Å². The Morgan fingerprint density at radius 2 is 1.79 bits per heavy atom. The number of hydrogen-bond donors (Lipinski definition) is 3. The molecule has 0 saturated carbocycles.